The van der Waals surface area contributed by atoms with Gasteiger partial charge in [-0.3, -0.25) is 14.9 Å². The molecule has 0 heterocycles. The highest BCUT2D eigenvalue weighted by molar-refractivity contribution is 6.32. The van der Waals surface area contributed by atoms with Gasteiger partial charge in [0.1, 0.15) is 5.75 Å². The molecule has 0 saturated heterocycles. The second-order valence-corrected chi connectivity index (χ2v) is 6.17. The first-order chi connectivity index (χ1) is 11.8. The smallest absolute Gasteiger partial charge is 0.274 e. The maximum absolute atomic E-state index is 12.2. The number of carbonyl (C=O) groups excluding carboxylic acids is 1. The topological polar surface area (TPSA) is 72.7 Å². The molecule has 0 spiro atoms. The van der Waals surface area contributed by atoms with Crippen molar-refractivity contribution in [2.75, 3.05) is 13.7 Å². The number of likely N-dealkylation sites (N-methyl/N-ethyl adjacent to an activating group) is 1. The third-order valence-electron chi connectivity index (χ3n) is 3.79. The van der Waals surface area contributed by atoms with Gasteiger partial charge in [0.25, 0.3) is 11.6 Å². The molecule has 0 aliphatic rings. The predicted octanol–water partition coefficient (Wildman–Crippen LogP) is 3.90. The standard InChI is InChI=1S/C18H19ClN2O4/c1-12-8-15(9-13(2)18(12)19)25-11-17(22)20(3)10-14-6-4-5-7-16(14)21(23)24/h4-9H,10-11H2,1-3H3. The molecule has 1 amide bonds. The Balaban J connectivity index is 2.01. The number of ether oxygens (including phenoxy) is 1. The molecular weight excluding hydrogens is 344 g/mol. The van der Waals surface area contributed by atoms with Gasteiger partial charge in [0.05, 0.1) is 11.5 Å². The molecule has 0 fully saturated rings. The SMILES string of the molecule is Cc1cc(OCC(=O)N(C)Cc2ccccc2[N+](=O)[O-])cc(C)c1Cl. The Bertz CT molecular complexity index is 784. The molecule has 2 rings (SSSR count). The fourth-order valence-electron chi connectivity index (χ4n) is 2.41. The Morgan fingerprint density at radius 1 is 1.24 bits per heavy atom. The third-order valence-corrected chi connectivity index (χ3v) is 4.39. The number of hydrogen-bond acceptors (Lipinski definition) is 4. The zero-order valence-corrected chi connectivity index (χ0v) is 15.0. The van der Waals surface area contributed by atoms with Gasteiger partial charge < -0.3 is 9.64 Å². The molecule has 25 heavy (non-hydrogen) atoms. The maximum Gasteiger partial charge on any atom is 0.274 e. The third kappa shape index (κ3) is 4.70. The number of amides is 1. The number of aryl methyl sites for hydroxylation is 2. The average molecular weight is 363 g/mol. The summed E-state index contributed by atoms with van der Waals surface area (Å²) >= 11 is 6.11. The lowest BCUT2D eigenvalue weighted by atomic mass is 10.1. The second-order valence-electron chi connectivity index (χ2n) is 5.80. The average Bonchev–Trinajstić information content (AvgIpc) is 2.57. The Hall–Kier alpha value is -2.60. The lowest BCUT2D eigenvalue weighted by Crippen LogP contribution is -2.31. The van der Waals surface area contributed by atoms with Crippen LogP contribution in [-0.2, 0) is 11.3 Å². The molecule has 7 heteroatoms. The van der Waals surface area contributed by atoms with Crippen molar-refractivity contribution in [3.05, 3.63) is 68.2 Å². The Labute approximate surface area is 151 Å². The largest absolute Gasteiger partial charge is 0.484 e. The molecule has 6 nitrogen and oxygen atoms in total. The summed E-state index contributed by atoms with van der Waals surface area (Å²) in [6.07, 6.45) is 0. The lowest BCUT2D eigenvalue weighted by Gasteiger charge is -2.18. The van der Waals surface area contributed by atoms with Crippen molar-refractivity contribution in [2.45, 2.75) is 20.4 Å². The molecular formula is C18H19ClN2O4. The number of benzene rings is 2. The summed E-state index contributed by atoms with van der Waals surface area (Å²) in [4.78, 5) is 24.2. The molecule has 0 atom stereocenters. The zero-order chi connectivity index (χ0) is 18.6. The van der Waals surface area contributed by atoms with E-state index in [0.29, 0.717) is 16.3 Å². The molecule has 0 radical (unpaired) electrons. The van der Waals surface area contributed by atoms with Gasteiger partial charge in [-0.15, -0.1) is 0 Å². The van der Waals surface area contributed by atoms with Gasteiger partial charge in [0.15, 0.2) is 6.61 Å². The van der Waals surface area contributed by atoms with Crippen molar-refractivity contribution in [1.29, 1.82) is 0 Å². The van der Waals surface area contributed by atoms with E-state index in [-0.39, 0.29) is 24.7 Å². The fourth-order valence-corrected chi connectivity index (χ4v) is 2.52. The summed E-state index contributed by atoms with van der Waals surface area (Å²) in [7, 11) is 1.58. The molecule has 132 valence electrons. The van der Waals surface area contributed by atoms with Crippen LogP contribution in [-0.4, -0.2) is 29.4 Å². The first kappa shape index (κ1) is 18.7. The first-order valence-electron chi connectivity index (χ1n) is 7.65. The van der Waals surface area contributed by atoms with E-state index in [1.165, 1.54) is 11.0 Å². The lowest BCUT2D eigenvalue weighted by molar-refractivity contribution is -0.385. The summed E-state index contributed by atoms with van der Waals surface area (Å²) < 4.78 is 5.54. The van der Waals surface area contributed by atoms with E-state index >= 15 is 0 Å². The number of nitro benzene ring substituents is 1. The Morgan fingerprint density at radius 3 is 2.44 bits per heavy atom. The van der Waals surface area contributed by atoms with E-state index in [9.17, 15) is 14.9 Å². The van der Waals surface area contributed by atoms with Gasteiger partial charge in [-0.25, -0.2) is 0 Å². The number of rotatable bonds is 6. The highest BCUT2D eigenvalue weighted by atomic mass is 35.5. The van der Waals surface area contributed by atoms with Crippen LogP contribution in [0.15, 0.2) is 36.4 Å². The minimum absolute atomic E-state index is 0.00739. The van der Waals surface area contributed by atoms with Crippen LogP contribution in [0.4, 0.5) is 5.69 Å². The van der Waals surface area contributed by atoms with Crippen LogP contribution < -0.4 is 4.74 Å². The second kappa shape index (κ2) is 7.98. The van der Waals surface area contributed by atoms with Crippen LogP contribution in [0.2, 0.25) is 5.02 Å². The van der Waals surface area contributed by atoms with Gasteiger partial charge in [0.2, 0.25) is 0 Å². The molecule has 0 saturated carbocycles. The van der Waals surface area contributed by atoms with E-state index in [1.807, 2.05) is 13.8 Å². The Morgan fingerprint density at radius 2 is 1.84 bits per heavy atom. The summed E-state index contributed by atoms with van der Waals surface area (Å²) in [5, 5.41) is 11.7. The van der Waals surface area contributed by atoms with Crippen LogP contribution in [0, 0.1) is 24.0 Å². The zero-order valence-electron chi connectivity index (χ0n) is 14.3. The number of carbonyl (C=O) groups is 1. The number of nitro groups is 1. The van der Waals surface area contributed by atoms with Gasteiger partial charge in [0, 0.05) is 23.7 Å². The quantitative estimate of drug-likeness (QED) is 0.577. The number of halogens is 1. The van der Waals surface area contributed by atoms with Crippen molar-refractivity contribution >= 4 is 23.2 Å². The van der Waals surface area contributed by atoms with Gasteiger partial charge in [-0.1, -0.05) is 29.8 Å². The number of nitrogens with zero attached hydrogens (tertiary/aromatic N) is 2. The van der Waals surface area contributed by atoms with Crippen LogP contribution in [0.5, 0.6) is 5.75 Å². The molecule has 2 aromatic carbocycles. The number of para-hydroxylation sites is 1. The maximum atomic E-state index is 12.2. The summed E-state index contributed by atoms with van der Waals surface area (Å²) in [6, 6.07) is 9.89. The summed E-state index contributed by atoms with van der Waals surface area (Å²) in [6.45, 7) is 3.71. The van der Waals surface area contributed by atoms with E-state index in [1.54, 1.807) is 37.4 Å². The van der Waals surface area contributed by atoms with E-state index in [2.05, 4.69) is 0 Å². The van der Waals surface area contributed by atoms with Gasteiger partial charge in [-0.2, -0.15) is 0 Å². The van der Waals surface area contributed by atoms with Crippen molar-refractivity contribution in [1.82, 2.24) is 4.90 Å². The molecule has 0 aromatic heterocycles. The van der Waals surface area contributed by atoms with Crippen LogP contribution in [0.1, 0.15) is 16.7 Å². The highest BCUT2D eigenvalue weighted by Gasteiger charge is 2.17. The molecule has 0 aliphatic heterocycles. The molecule has 2 aromatic rings. The monoisotopic (exact) mass is 362 g/mol. The fraction of sp³-hybridized carbons (Fsp3) is 0.278. The molecule has 0 unspecified atom stereocenters. The van der Waals surface area contributed by atoms with E-state index in [4.69, 9.17) is 16.3 Å². The Kier molecular flexibility index (Phi) is 5.98. The van der Waals surface area contributed by atoms with E-state index < -0.39 is 4.92 Å². The summed E-state index contributed by atoms with van der Waals surface area (Å²) in [5.74, 6) is 0.287. The van der Waals surface area contributed by atoms with Gasteiger partial charge >= 0.3 is 0 Å². The number of hydrogen-bond donors (Lipinski definition) is 0. The summed E-state index contributed by atoms with van der Waals surface area (Å²) in [5.41, 5.74) is 2.21. The van der Waals surface area contributed by atoms with Crippen LogP contribution >= 0.6 is 11.6 Å². The van der Waals surface area contributed by atoms with Gasteiger partial charge in [-0.05, 0) is 37.1 Å². The molecule has 0 bridgehead atoms. The van der Waals surface area contributed by atoms with Crippen molar-refractivity contribution in [3.8, 4) is 5.75 Å². The van der Waals surface area contributed by atoms with Crippen molar-refractivity contribution < 1.29 is 14.5 Å². The van der Waals surface area contributed by atoms with Crippen LogP contribution in [0.25, 0.3) is 0 Å². The molecule has 0 aliphatic carbocycles. The highest BCUT2D eigenvalue weighted by Crippen LogP contribution is 2.26. The van der Waals surface area contributed by atoms with E-state index in [0.717, 1.165) is 11.1 Å². The van der Waals surface area contributed by atoms with Crippen molar-refractivity contribution in [3.63, 3.8) is 0 Å². The minimum Gasteiger partial charge on any atom is -0.484 e. The first-order valence-corrected chi connectivity index (χ1v) is 8.03. The van der Waals surface area contributed by atoms with Crippen molar-refractivity contribution in [2.24, 2.45) is 0 Å². The van der Waals surface area contributed by atoms with Crippen LogP contribution in [0.3, 0.4) is 0 Å². The molecule has 0 N–H and O–H groups in total. The minimum atomic E-state index is -0.455. The predicted molar refractivity (Wildman–Crippen MR) is 96.0 cm³/mol. The normalized spacial score (nSPS) is 10.4.